The van der Waals surface area contributed by atoms with E-state index in [2.05, 4.69) is 14.2 Å². The van der Waals surface area contributed by atoms with Crippen LogP contribution in [-0.4, -0.2) is 20.7 Å². The molecule has 1 heterocycles. The van der Waals surface area contributed by atoms with E-state index in [-0.39, 0.29) is 11.4 Å². The number of aromatic nitrogens is 2. The first-order valence-corrected chi connectivity index (χ1v) is 9.17. The number of benzene rings is 2. The minimum Gasteiger partial charge on any atom is -0.288 e. The van der Waals surface area contributed by atoms with E-state index in [1.165, 1.54) is 28.3 Å². The fourth-order valence-electron chi connectivity index (χ4n) is 3.05. The predicted molar refractivity (Wildman–Crippen MR) is 110 cm³/mol. The van der Waals surface area contributed by atoms with Gasteiger partial charge in [-0.1, -0.05) is 6.92 Å². The molecule has 0 spiro atoms. The third-order valence-corrected chi connectivity index (χ3v) is 4.79. The first kappa shape index (κ1) is 19.9. The van der Waals surface area contributed by atoms with Crippen molar-refractivity contribution in [3.05, 3.63) is 69.5 Å². The summed E-state index contributed by atoms with van der Waals surface area (Å²) in [6.45, 7) is 3.64. The Morgan fingerprint density at radius 3 is 2.75 bits per heavy atom. The van der Waals surface area contributed by atoms with E-state index in [0.29, 0.717) is 45.3 Å². The van der Waals surface area contributed by atoms with E-state index in [9.17, 15) is 14.0 Å². The molecule has 1 amide bonds. The van der Waals surface area contributed by atoms with E-state index in [4.69, 9.17) is 5.21 Å². The molecule has 6 nitrogen and oxygen atoms in total. The van der Waals surface area contributed by atoms with Gasteiger partial charge in [0.1, 0.15) is 11.6 Å². The largest absolute Gasteiger partial charge is 0.288 e. The minimum absolute atomic E-state index is 0.276. The lowest BCUT2D eigenvalue weighted by Crippen LogP contribution is -2.26. The van der Waals surface area contributed by atoms with Crippen LogP contribution < -0.4 is 16.3 Å². The number of nitrogens with one attached hydrogen (secondary N) is 1. The van der Waals surface area contributed by atoms with Gasteiger partial charge in [-0.15, -0.1) is 9.24 Å². The van der Waals surface area contributed by atoms with Crippen LogP contribution in [0.15, 0.2) is 41.2 Å². The van der Waals surface area contributed by atoms with Crippen molar-refractivity contribution in [2.45, 2.75) is 20.3 Å². The summed E-state index contributed by atoms with van der Waals surface area (Å²) >= 11 is 0. The van der Waals surface area contributed by atoms with Gasteiger partial charge in [-0.25, -0.2) is 14.9 Å². The van der Waals surface area contributed by atoms with Crippen LogP contribution in [0.1, 0.15) is 23.9 Å². The average Bonchev–Trinajstić information content (AvgIpc) is 2.67. The van der Waals surface area contributed by atoms with Crippen molar-refractivity contribution in [2.24, 2.45) is 0 Å². The van der Waals surface area contributed by atoms with E-state index in [1.54, 1.807) is 25.1 Å². The fraction of sp³-hybridized carbons (Fsp3) is 0.150. The second-order valence-electron chi connectivity index (χ2n) is 6.27. The van der Waals surface area contributed by atoms with Crippen molar-refractivity contribution in [3.63, 3.8) is 0 Å². The number of hydroxylamine groups is 1. The van der Waals surface area contributed by atoms with Crippen LogP contribution in [0.5, 0.6) is 0 Å². The third kappa shape index (κ3) is 3.72. The van der Waals surface area contributed by atoms with E-state index in [1.807, 2.05) is 6.92 Å². The van der Waals surface area contributed by atoms with Gasteiger partial charge in [0.15, 0.2) is 0 Å². The molecular formula is C20H19FN3O3P. The van der Waals surface area contributed by atoms with Crippen molar-refractivity contribution in [1.82, 2.24) is 15.0 Å². The summed E-state index contributed by atoms with van der Waals surface area (Å²) in [6.07, 6.45) is 3.16. The summed E-state index contributed by atoms with van der Waals surface area (Å²) in [7, 11) is 2.55. The second kappa shape index (κ2) is 8.00. The monoisotopic (exact) mass is 399 g/mol. The molecule has 8 heteroatoms. The molecule has 0 saturated heterocycles. The standard InChI is InChI=1S/C20H19FN3O3P/c1-3-17-22-19-14(9-12(10-16(19)28)4-7-18(25)23-27)20(26)24(17)15-6-5-13(21)8-11(15)2/h4-10,27H,3,28H2,1-2H3,(H,23,25)/b7-4+. The van der Waals surface area contributed by atoms with Crippen LogP contribution in [0.25, 0.3) is 22.7 Å². The Hall–Kier alpha value is -2.89. The van der Waals surface area contributed by atoms with Gasteiger partial charge in [0.2, 0.25) is 0 Å². The summed E-state index contributed by atoms with van der Waals surface area (Å²) in [4.78, 5) is 29.2. The molecule has 2 aromatic carbocycles. The zero-order valence-corrected chi connectivity index (χ0v) is 16.5. The van der Waals surface area contributed by atoms with Crippen LogP contribution in [0.4, 0.5) is 4.39 Å². The summed E-state index contributed by atoms with van der Waals surface area (Å²) in [5.41, 5.74) is 3.59. The van der Waals surface area contributed by atoms with E-state index < -0.39 is 5.91 Å². The van der Waals surface area contributed by atoms with Crippen LogP contribution in [0, 0.1) is 12.7 Å². The van der Waals surface area contributed by atoms with Crippen molar-refractivity contribution in [3.8, 4) is 5.69 Å². The quantitative estimate of drug-likeness (QED) is 0.305. The molecule has 144 valence electrons. The smallest absolute Gasteiger partial charge is 0.267 e. The number of hydrogen-bond acceptors (Lipinski definition) is 4. The highest BCUT2D eigenvalue weighted by Gasteiger charge is 2.15. The summed E-state index contributed by atoms with van der Waals surface area (Å²) in [6, 6.07) is 7.66. The topological polar surface area (TPSA) is 84.2 Å². The number of fused-ring (bicyclic) bond motifs is 1. The number of aryl methyl sites for hydroxylation is 2. The zero-order valence-electron chi connectivity index (χ0n) is 15.4. The number of rotatable bonds is 4. The lowest BCUT2D eigenvalue weighted by molar-refractivity contribution is -0.124. The number of hydrogen-bond donors (Lipinski definition) is 2. The molecule has 1 unspecified atom stereocenters. The molecule has 0 aliphatic heterocycles. The van der Waals surface area contributed by atoms with Gasteiger partial charge < -0.3 is 0 Å². The van der Waals surface area contributed by atoms with Crippen LogP contribution >= 0.6 is 9.24 Å². The first-order valence-electron chi connectivity index (χ1n) is 8.59. The molecule has 28 heavy (non-hydrogen) atoms. The molecule has 0 fully saturated rings. The Morgan fingerprint density at radius 2 is 2.11 bits per heavy atom. The highest BCUT2D eigenvalue weighted by Crippen LogP contribution is 2.19. The van der Waals surface area contributed by atoms with Gasteiger partial charge in [0, 0.05) is 12.5 Å². The number of carbonyl (C=O) groups is 1. The van der Waals surface area contributed by atoms with Crippen molar-refractivity contribution in [2.75, 3.05) is 0 Å². The average molecular weight is 399 g/mol. The normalized spacial score (nSPS) is 11.3. The first-order chi connectivity index (χ1) is 13.3. The Labute approximate surface area is 162 Å². The maximum atomic E-state index is 13.5. The Balaban J connectivity index is 2.30. The van der Waals surface area contributed by atoms with Gasteiger partial charge in [0.25, 0.3) is 11.5 Å². The molecule has 0 aliphatic carbocycles. The minimum atomic E-state index is -0.677. The van der Waals surface area contributed by atoms with Gasteiger partial charge in [0.05, 0.1) is 16.6 Å². The Bertz CT molecular complexity index is 1170. The summed E-state index contributed by atoms with van der Waals surface area (Å²) < 4.78 is 15.0. The van der Waals surface area contributed by atoms with Crippen LogP contribution in [0.2, 0.25) is 0 Å². The van der Waals surface area contributed by atoms with Crippen LogP contribution in [0.3, 0.4) is 0 Å². The van der Waals surface area contributed by atoms with Gasteiger partial charge >= 0.3 is 0 Å². The van der Waals surface area contributed by atoms with Crippen molar-refractivity contribution >= 4 is 37.4 Å². The molecule has 1 aromatic heterocycles. The molecule has 0 saturated carbocycles. The summed E-state index contributed by atoms with van der Waals surface area (Å²) in [5.74, 6) is -0.481. The number of carbonyl (C=O) groups excluding carboxylic acids is 1. The molecule has 3 aromatic rings. The molecule has 2 N–H and O–H groups in total. The molecule has 0 bridgehead atoms. The predicted octanol–water partition coefficient (Wildman–Crippen LogP) is 2.41. The number of nitrogens with zero attached hydrogens (tertiary/aromatic N) is 2. The van der Waals surface area contributed by atoms with Gasteiger partial charge in [-0.05, 0) is 59.8 Å². The SMILES string of the molecule is CCc1nc2c(P)cc(/C=C/C(=O)NO)cc2c(=O)n1-c1ccc(F)cc1C. The highest BCUT2D eigenvalue weighted by molar-refractivity contribution is 7.28. The zero-order chi connectivity index (χ0) is 20.4. The molecule has 0 aliphatic rings. The van der Waals surface area contributed by atoms with E-state index >= 15 is 0 Å². The maximum Gasteiger partial charge on any atom is 0.267 e. The van der Waals surface area contributed by atoms with Gasteiger partial charge in [-0.2, -0.15) is 0 Å². The Morgan fingerprint density at radius 1 is 1.36 bits per heavy atom. The number of amides is 1. The Kier molecular flexibility index (Phi) is 5.68. The fourth-order valence-corrected chi connectivity index (χ4v) is 3.46. The van der Waals surface area contributed by atoms with Gasteiger partial charge in [-0.3, -0.25) is 19.4 Å². The number of halogens is 1. The summed E-state index contributed by atoms with van der Waals surface area (Å²) in [5, 5.41) is 9.68. The second-order valence-corrected chi connectivity index (χ2v) is 6.89. The third-order valence-electron chi connectivity index (χ3n) is 4.35. The maximum absolute atomic E-state index is 13.5. The molecule has 1 atom stereocenters. The molecular weight excluding hydrogens is 380 g/mol. The lowest BCUT2D eigenvalue weighted by Gasteiger charge is -2.16. The van der Waals surface area contributed by atoms with Crippen LogP contribution in [-0.2, 0) is 11.2 Å². The molecule has 0 radical (unpaired) electrons. The highest BCUT2D eigenvalue weighted by atomic mass is 31.0. The van der Waals surface area contributed by atoms with Crippen molar-refractivity contribution < 1.29 is 14.4 Å². The van der Waals surface area contributed by atoms with Crippen molar-refractivity contribution in [1.29, 1.82) is 0 Å². The molecule has 3 rings (SSSR count). The van der Waals surface area contributed by atoms with E-state index in [0.717, 1.165) is 6.08 Å². The lowest BCUT2D eigenvalue weighted by atomic mass is 10.1.